The number of anilines is 1. The summed E-state index contributed by atoms with van der Waals surface area (Å²) in [5.41, 5.74) is 3.05. The quantitative estimate of drug-likeness (QED) is 0.766. The van der Waals surface area contributed by atoms with Crippen molar-refractivity contribution in [3.63, 3.8) is 0 Å². The van der Waals surface area contributed by atoms with Crippen LogP contribution in [0.1, 0.15) is 24.0 Å². The van der Waals surface area contributed by atoms with Gasteiger partial charge in [-0.15, -0.1) is 0 Å². The summed E-state index contributed by atoms with van der Waals surface area (Å²) in [5, 5.41) is 2.98. The molecule has 1 aliphatic rings. The molecule has 3 rings (SSSR count). The summed E-state index contributed by atoms with van der Waals surface area (Å²) in [6.07, 6.45) is 2.05. The van der Waals surface area contributed by atoms with E-state index in [9.17, 15) is 9.59 Å². The van der Waals surface area contributed by atoms with Crippen LogP contribution in [0, 0.1) is 12.8 Å². The first-order valence-electron chi connectivity index (χ1n) is 9.35. The molecule has 0 aromatic heterocycles. The van der Waals surface area contributed by atoms with Gasteiger partial charge in [0.2, 0.25) is 11.8 Å². The predicted octanol–water partition coefficient (Wildman–Crippen LogP) is 3.11. The minimum atomic E-state index is -0.320. The maximum absolute atomic E-state index is 12.5. The molecule has 0 unspecified atom stereocenters. The van der Waals surface area contributed by atoms with Crippen molar-refractivity contribution in [2.45, 2.75) is 26.2 Å². The highest BCUT2D eigenvalue weighted by molar-refractivity contribution is 6.01. The van der Waals surface area contributed by atoms with Crippen LogP contribution < -0.4 is 15.0 Å². The van der Waals surface area contributed by atoms with Crippen LogP contribution in [0.3, 0.4) is 0 Å². The molecule has 2 aromatic rings. The molecule has 0 radical (unpaired) electrons. The third kappa shape index (κ3) is 4.67. The number of rotatable bonds is 7. The molecule has 1 saturated heterocycles. The summed E-state index contributed by atoms with van der Waals surface area (Å²) in [4.78, 5) is 26.6. The number of amides is 2. The summed E-state index contributed by atoms with van der Waals surface area (Å²) in [5.74, 6) is 0.242. The normalized spacial score (nSPS) is 16.4. The third-order valence-electron chi connectivity index (χ3n) is 4.91. The second-order valence-corrected chi connectivity index (χ2v) is 6.96. The van der Waals surface area contributed by atoms with Crippen molar-refractivity contribution in [3.8, 4) is 5.75 Å². The molecule has 1 N–H and O–H groups in total. The molecule has 27 heavy (non-hydrogen) atoms. The van der Waals surface area contributed by atoms with E-state index >= 15 is 0 Å². The summed E-state index contributed by atoms with van der Waals surface area (Å²) < 4.78 is 5.38. The minimum absolute atomic E-state index is 0.0386. The maximum atomic E-state index is 12.5. The van der Waals surface area contributed by atoms with Crippen molar-refractivity contribution < 1.29 is 14.3 Å². The molecule has 0 aliphatic carbocycles. The van der Waals surface area contributed by atoms with Gasteiger partial charge in [0.25, 0.3) is 0 Å². The first-order valence-corrected chi connectivity index (χ1v) is 9.35. The van der Waals surface area contributed by atoms with Gasteiger partial charge in [0.15, 0.2) is 0 Å². The molecule has 2 aromatic carbocycles. The lowest BCUT2D eigenvalue weighted by molar-refractivity contribution is -0.126. The number of aryl methyl sites for hydroxylation is 2. The molecule has 1 atom stereocenters. The van der Waals surface area contributed by atoms with Gasteiger partial charge >= 0.3 is 0 Å². The van der Waals surface area contributed by atoms with Crippen LogP contribution in [0.5, 0.6) is 5.75 Å². The van der Waals surface area contributed by atoms with Crippen molar-refractivity contribution >= 4 is 17.5 Å². The highest BCUT2D eigenvalue weighted by atomic mass is 16.5. The van der Waals surface area contributed by atoms with E-state index in [2.05, 4.69) is 17.4 Å². The van der Waals surface area contributed by atoms with Gasteiger partial charge in [-0.05, 0) is 43.0 Å². The topological polar surface area (TPSA) is 58.6 Å². The highest BCUT2D eigenvalue weighted by Crippen LogP contribution is 2.33. The van der Waals surface area contributed by atoms with Crippen molar-refractivity contribution in [2.75, 3.05) is 25.1 Å². The van der Waals surface area contributed by atoms with E-state index in [0.717, 1.165) is 24.1 Å². The van der Waals surface area contributed by atoms with E-state index in [4.69, 9.17) is 4.74 Å². The predicted molar refractivity (Wildman–Crippen MR) is 106 cm³/mol. The van der Waals surface area contributed by atoms with Gasteiger partial charge in [0.05, 0.1) is 18.7 Å². The standard InChI is InChI=1S/C22H26N2O3/c1-16-10-11-20(27-2)19(13-16)24-15-18(14-21(24)25)22(26)23-12-6-9-17-7-4-3-5-8-17/h3-5,7-8,10-11,13,18H,6,9,12,14-15H2,1-2H3,(H,23,26)/t18-/m0/s1. The summed E-state index contributed by atoms with van der Waals surface area (Å²) in [6.45, 7) is 2.98. The number of ether oxygens (including phenoxy) is 1. The first-order chi connectivity index (χ1) is 13.1. The Kier molecular flexibility index (Phi) is 6.12. The lowest BCUT2D eigenvalue weighted by Crippen LogP contribution is -2.33. The average molecular weight is 366 g/mol. The van der Waals surface area contributed by atoms with Gasteiger partial charge < -0.3 is 15.0 Å². The smallest absolute Gasteiger partial charge is 0.227 e. The molecule has 142 valence electrons. The van der Waals surface area contributed by atoms with Crippen LogP contribution in [0.25, 0.3) is 0 Å². The molecule has 1 heterocycles. The maximum Gasteiger partial charge on any atom is 0.227 e. The molecule has 0 saturated carbocycles. The minimum Gasteiger partial charge on any atom is -0.495 e. The summed E-state index contributed by atoms with van der Waals surface area (Å²) >= 11 is 0. The molecule has 0 spiro atoms. The van der Waals surface area contributed by atoms with E-state index in [-0.39, 0.29) is 24.2 Å². The molecular weight excluding hydrogens is 340 g/mol. The van der Waals surface area contributed by atoms with Crippen molar-refractivity contribution in [3.05, 3.63) is 59.7 Å². The lowest BCUT2D eigenvalue weighted by Gasteiger charge is -2.20. The SMILES string of the molecule is COc1ccc(C)cc1N1C[C@@H](C(=O)NCCCc2ccccc2)CC1=O. The van der Waals surface area contributed by atoms with Crippen LogP contribution >= 0.6 is 0 Å². The Morgan fingerprint density at radius 2 is 2.00 bits per heavy atom. The van der Waals surface area contributed by atoms with Crippen LogP contribution in [0.15, 0.2) is 48.5 Å². The van der Waals surface area contributed by atoms with E-state index in [0.29, 0.717) is 18.8 Å². The van der Waals surface area contributed by atoms with Gasteiger partial charge in [-0.2, -0.15) is 0 Å². The zero-order valence-electron chi connectivity index (χ0n) is 15.9. The Balaban J connectivity index is 1.54. The molecule has 5 heteroatoms. The molecule has 2 amide bonds. The second kappa shape index (κ2) is 8.71. The number of carbonyl (C=O) groups is 2. The number of nitrogens with one attached hydrogen (secondary N) is 1. The Morgan fingerprint density at radius 1 is 1.22 bits per heavy atom. The monoisotopic (exact) mass is 366 g/mol. The molecule has 1 aliphatic heterocycles. The number of hydrogen-bond donors (Lipinski definition) is 1. The fourth-order valence-electron chi connectivity index (χ4n) is 3.42. The average Bonchev–Trinajstić information content (AvgIpc) is 3.07. The summed E-state index contributed by atoms with van der Waals surface area (Å²) in [7, 11) is 1.59. The van der Waals surface area contributed by atoms with E-state index < -0.39 is 0 Å². The highest BCUT2D eigenvalue weighted by Gasteiger charge is 2.36. The molecule has 1 fully saturated rings. The van der Waals surface area contributed by atoms with Gasteiger partial charge in [0.1, 0.15) is 5.75 Å². The van der Waals surface area contributed by atoms with Gasteiger partial charge in [-0.1, -0.05) is 36.4 Å². The number of benzene rings is 2. The van der Waals surface area contributed by atoms with Gasteiger partial charge in [-0.3, -0.25) is 9.59 Å². The van der Waals surface area contributed by atoms with Crippen LogP contribution in [0.4, 0.5) is 5.69 Å². The van der Waals surface area contributed by atoms with Crippen LogP contribution in [-0.4, -0.2) is 32.0 Å². The summed E-state index contributed by atoms with van der Waals surface area (Å²) in [6, 6.07) is 15.9. The molecule has 5 nitrogen and oxygen atoms in total. The fraction of sp³-hybridized carbons (Fsp3) is 0.364. The second-order valence-electron chi connectivity index (χ2n) is 6.96. The Morgan fingerprint density at radius 3 is 2.74 bits per heavy atom. The Bertz CT molecular complexity index is 804. The van der Waals surface area contributed by atoms with E-state index in [1.807, 2.05) is 43.3 Å². The lowest BCUT2D eigenvalue weighted by atomic mass is 10.1. The first kappa shape index (κ1) is 19.0. The Labute approximate surface area is 160 Å². The third-order valence-corrected chi connectivity index (χ3v) is 4.91. The van der Waals surface area contributed by atoms with Crippen LogP contribution in [0.2, 0.25) is 0 Å². The van der Waals surface area contributed by atoms with Crippen molar-refractivity contribution in [1.82, 2.24) is 5.32 Å². The van der Waals surface area contributed by atoms with Crippen LogP contribution in [-0.2, 0) is 16.0 Å². The molecular formula is C22H26N2O3. The van der Waals surface area contributed by atoms with E-state index in [1.165, 1.54) is 5.56 Å². The van der Waals surface area contributed by atoms with Crippen molar-refractivity contribution in [1.29, 1.82) is 0 Å². The fourth-order valence-corrected chi connectivity index (χ4v) is 3.42. The molecule has 0 bridgehead atoms. The number of nitrogens with zero attached hydrogens (tertiary/aromatic N) is 1. The number of hydrogen-bond acceptors (Lipinski definition) is 3. The largest absolute Gasteiger partial charge is 0.495 e. The van der Waals surface area contributed by atoms with Crippen molar-refractivity contribution in [2.24, 2.45) is 5.92 Å². The number of methoxy groups -OCH3 is 1. The Hall–Kier alpha value is -2.82. The van der Waals surface area contributed by atoms with Gasteiger partial charge in [0, 0.05) is 19.5 Å². The zero-order chi connectivity index (χ0) is 19.2. The van der Waals surface area contributed by atoms with Gasteiger partial charge in [-0.25, -0.2) is 0 Å². The number of carbonyl (C=O) groups excluding carboxylic acids is 2. The zero-order valence-corrected chi connectivity index (χ0v) is 15.9. The van der Waals surface area contributed by atoms with E-state index in [1.54, 1.807) is 12.0 Å².